The zero-order valence-electron chi connectivity index (χ0n) is 16.0. The van der Waals surface area contributed by atoms with Gasteiger partial charge in [-0.1, -0.05) is 26.3 Å². The van der Waals surface area contributed by atoms with Crippen molar-refractivity contribution in [1.29, 1.82) is 0 Å². The van der Waals surface area contributed by atoms with Gasteiger partial charge in [-0.2, -0.15) is 0 Å². The number of fused-ring (bicyclic) bond motifs is 5. The lowest BCUT2D eigenvalue weighted by Crippen LogP contribution is -2.58. The van der Waals surface area contributed by atoms with Crippen LogP contribution in [-0.4, -0.2) is 22.8 Å². The van der Waals surface area contributed by atoms with Gasteiger partial charge in [0.05, 0.1) is 6.10 Å². The summed E-state index contributed by atoms with van der Waals surface area (Å²) in [6, 6.07) is 0. The number of hydrogen-bond donors (Lipinski definition) is 1. The van der Waals surface area contributed by atoms with E-state index in [0.717, 1.165) is 32.1 Å². The number of hydrogen-bond acceptors (Lipinski definition) is 3. The van der Waals surface area contributed by atoms with Crippen molar-refractivity contribution in [2.75, 3.05) is 0 Å². The Morgan fingerprint density at radius 1 is 1.28 bits per heavy atom. The fourth-order valence-electron chi connectivity index (χ4n) is 7.79. The van der Waals surface area contributed by atoms with Crippen LogP contribution in [0.2, 0.25) is 0 Å². The summed E-state index contributed by atoms with van der Waals surface area (Å²) in [6.07, 6.45) is 6.93. The molecular formula is C22H32O3. The molecule has 0 unspecified atom stereocenters. The molecule has 0 saturated heterocycles. The fraction of sp³-hybridized carbons (Fsp3) is 0.818. The Hall–Kier alpha value is -0.960. The first kappa shape index (κ1) is 17.5. The quantitative estimate of drug-likeness (QED) is 0.784. The van der Waals surface area contributed by atoms with Crippen molar-refractivity contribution in [1.82, 2.24) is 0 Å². The number of allylic oxidation sites excluding steroid dienone is 1. The minimum atomic E-state index is -0.361. The van der Waals surface area contributed by atoms with Gasteiger partial charge in [0.1, 0.15) is 5.78 Å². The summed E-state index contributed by atoms with van der Waals surface area (Å²) in [4.78, 5) is 24.3. The van der Waals surface area contributed by atoms with E-state index < -0.39 is 0 Å². The molecule has 8 atom stereocenters. The predicted octanol–water partition coefficient (Wildman–Crippen LogP) is 3.94. The number of carbonyl (C=O) groups excluding carboxylic acids is 2. The monoisotopic (exact) mass is 344 g/mol. The van der Waals surface area contributed by atoms with Crippen LogP contribution in [0.4, 0.5) is 0 Å². The third-order valence-corrected chi connectivity index (χ3v) is 8.70. The zero-order chi connectivity index (χ0) is 18.1. The van der Waals surface area contributed by atoms with Crippen LogP contribution in [0.3, 0.4) is 0 Å². The maximum atomic E-state index is 12.2. The summed E-state index contributed by atoms with van der Waals surface area (Å²) in [5.41, 5.74) is 1.19. The zero-order valence-corrected chi connectivity index (χ0v) is 16.0. The van der Waals surface area contributed by atoms with E-state index in [2.05, 4.69) is 20.8 Å². The van der Waals surface area contributed by atoms with Crippen molar-refractivity contribution in [3.8, 4) is 0 Å². The molecule has 4 aliphatic rings. The molecule has 0 radical (unpaired) electrons. The second kappa shape index (κ2) is 5.52. The Morgan fingerprint density at radius 3 is 2.68 bits per heavy atom. The lowest BCUT2D eigenvalue weighted by Gasteiger charge is -2.61. The average Bonchev–Trinajstić information content (AvgIpc) is 2.85. The van der Waals surface area contributed by atoms with E-state index in [1.807, 2.05) is 6.08 Å². The third kappa shape index (κ3) is 2.27. The molecule has 4 rings (SSSR count). The molecule has 3 saturated carbocycles. The summed E-state index contributed by atoms with van der Waals surface area (Å²) in [7, 11) is 0. The van der Waals surface area contributed by atoms with E-state index in [-0.39, 0.29) is 34.6 Å². The van der Waals surface area contributed by atoms with Crippen molar-refractivity contribution >= 4 is 11.6 Å². The number of carbonyl (C=O) groups is 2. The van der Waals surface area contributed by atoms with E-state index in [0.29, 0.717) is 30.0 Å². The molecule has 138 valence electrons. The van der Waals surface area contributed by atoms with E-state index in [1.54, 1.807) is 6.92 Å². The molecule has 25 heavy (non-hydrogen) atoms. The highest BCUT2D eigenvalue weighted by molar-refractivity contribution is 5.91. The first-order valence-electron chi connectivity index (χ1n) is 10.1. The second-order valence-corrected chi connectivity index (χ2v) is 9.93. The van der Waals surface area contributed by atoms with Gasteiger partial charge in [0, 0.05) is 12.3 Å². The summed E-state index contributed by atoms with van der Waals surface area (Å²) < 4.78 is 0. The molecule has 0 aromatic carbocycles. The summed E-state index contributed by atoms with van der Waals surface area (Å²) in [5.74, 6) is 2.33. The Kier molecular flexibility index (Phi) is 3.85. The van der Waals surface area contributed by atoms with Gasteiger partial charge < -0.3 is 5.11 Å². The van der Waals surface area contributed by atoms with Crippen molar-refractivity contribution in [3.05, 3.63) is 11.6 Å². The van der Waals surface area contributed by atoms with Crippen molar-refractivity contribution in [3.63, 3.8) is 0 Å². The molecule has 0 heterocycles. The molecular weight excluding hydrogens is 312 g/mol. The first-order valence-corrected chi connectivity index (χ1v) is 10.1. The van der Waals surface area contributed by atoms with Gasteiger partial charge in [-0.3, -0.25) is 9.59 Å². The largest absolute Gasteiger partial charge is 0.393 e. The van der Waals surface area contributed by atoms with Crippen LogP contribution < -0.4 is 0 Å². The second-order valence-electron chi connectivity index (χ2n) is 9.93. The van der Waals surface area contributed by atoms with Gasteiger partial charge in [-0.25, -0.2) is 0 Å². The van der Waals surface area contributed by atoms with Gasteiger partial charge in [0.25, 0.3) is 0 Å². The van der Waals surface area contributed by atoms with Gasteiger partial charge in [-0.05, 0) is 79.6 Å². The lowest BCUT2D eigenvalue weighted by molar-refractivity contribution is -0.147. The highest BCUT2D eigenvalue weighted by atomic mass is 16.3. The molecule has 0 aromatic rings. The molecule has 1 N–H and O–H groups in total. The fourth-order valence-corrected chi connectivity index (χ4v) is 7.79. The van der Waals surface area contributed by atoms with Gasteiger partial charge >= 0.3 is 0 Å². The number of aliphatic hydroxyl groups is 1. The molecule has 0 aromatic heterocycles. The molecule has 3 fully saturated rings. The molecule has 0 aliphatic heterocycles. The summed E-state index contributed by atoms with van der Waals surface area (Å²) >= 11 is 0. The van der Waals surface area contributed by atoms with Crippen LogP contribution in [0, 0.1) is 40.4 Å². The van der Waals surface area contributed by atoms with E-state index >= 15 is 0 Å². The third-order valence-electron chi connectivity index (χ3n) is 8.70. The lowest BCUT2D eigenvalue weighted by atomic mass is 9.44. The maximum absolute atomic E-state index is 12.2. The van der Waals surface area contributed by atoms with Crippen molar-refractivity contribution < 1.29 is 14.7 Å². The Balaban J connectivity index is 1.76. The maximum Gasteiger partial charge on any atom is 0.155 e. The van der Waals surface area contributed by atoms with Gasteiger partial charge in [0.15, 0.2) is 5.78 Å². The highest BCUT2D eigenvalue weighted by Gasteiger charge is 2.63. The topological polar surface area (TPSA) is 54.4 Å². The number of aliphatic hydroxyl groups excluding tert-OH is 1. The van der Waals surface area contributed by atoms with Crippen molar-refractivity contribution in [2.24, 2.45) is 40.4 Å². The molecule has 0 spiro atoms. The van der Waals surface area contributed by atoms with E-state index in [9.17, 15) is 14.7 Å². The van der Waals surface area contributed by atoms with Gasteiger partial charge in [0.2, 0.25) is 0 Å². The summed E-state index contributed by atoms with van der Waals surface area (Å²) in [6.45, 7) is 8.55. The number of ketones is 2. The first-order chi connectivity index (χ1) is 11.7. The number of rotatable bonds is 1. The highest BCUT2D eigenvalue weighted by Crippen LogP contribution is 2.67. The van der Waals surface area contributed by atoms with Crippen LogP contribution in [0.25, 0.3) is 0 Å². The minimum Gasteiger partial charge on any atom is -0.393 e. The van der Waals surface area contributed by atoms with Crippen LogP contribution in [-0.2, 0) is 9.59 Å². The van der Waals surface area contributed by atoms with Crippen LogP contribution in [0.5, 0.6) is 0 Å². The Labute approximate surface area is 151 Å². The molecule has 0 amide bonds. The molecule has 3 nitrogen and oxygen atoms in total. The van der Waals surface area contributed by atoms with Crippen molar-refractivity contribution in [2.45, 2.75) is 72.3 Å². The van der Waals surface area contributed by atoms with Crippen LogP contribution >= 0.6 is 0 Å². The van der Waals surface area contributed by atoms with E-state index in [4.69, 9.17) is 0 Å². The smallest absolute Gasteiger partial charge is 0.155 e. The summed E-state index contributed by atoms with van der Waals surface area (Å²) in [5, 5.41) is 11.2. The van der Waals surface area contributed by atoms with E-state index in [1.165, 1.54) is 5.57 Å². The predicted molar refractivity (Wildman–Crippen MR) is 96.8 cm³/mol. The minimum absolute atomic E-state index is 0.0474. The Bertz CT molecular complexity index is 650. The van der Waals surface area contributed by atoms with Gasteiger partial charge in [-0.15, -0.1) is 0 Å². The Morgan fingerprint density at radius 2 is 2.00 bits per heavy atom. The standard InChI is InChI=1S/C22H32O3/c1-12-9-15-17-6-5-16(13(2)23)22(17,4)11-19(25)20(15)21(3)8-7-14(24)10-18(12)21/h10,12,15-17,19-20,25H,5-9,11H2,1-4H3/t12-,15-,16+,17-,19-,20+,21-,22+/m1/s1. The normalized spacial score (nSPS) is 52.0. The number of Topliss-reactive ketones (excluding diaryl/α,β-unsaturated/α-hetero) is 1. The SMILES string of the molecule is CC(=O)[C@@H]1CC[C@@H]2[C@H]3C[C@@H](C)C4=CC(=O)CC[C@@]4(C)[C@@H]3[C@H](O)C[C@]21C. The molecule has 4 aliphatic carbocycles. The molecule has 3 heteroatoms. The average molecular weight is 344 g/mol. The van der Waals surface area contributed by atoms with Crippen LogP contribution in [0.15, 0.2) is 11.6 Å². The molecule has 0 bridgehead atoms. The van der Waals surface area contributed by atoms with Crippen LogP contribution in [0.1, 0.15) is 66.2 Å².